The molecule has 1 fully saturated rings. The molecular weight excluding hydrogens is 212 g/mol. The lowest BCUT2D eigenvalue weighted by molar-refractivity contribution is 0.127. The summed E-state index contributed by atoms with van der Waals surface area (Å²) in [4.78, 5) is 2.61. The maximum Gasteiger partial charge on any atom is 0.0590 e. The molecule has 0 bridgehead atoms. The van der Waals surface area contributed by atoms with Crippen LogP contribution in [-0.4, -0.2) is 50.3 Å². The standard InChI is InChI=1S/C14H30N2O/c1-3-4-11-17-12-8-15-13-14(2)16-9-6-5-7-10-16/h14-15H,3-13H2,1-2H3. The van der Waals surface area contributed by atoms with Crippen molar-refractivity contribution in [2.75, 3.05) is 39.4 Å². The number of rotatable bonds is 9. The molecule has 0 aromatic heterocycles. The van der Waals surface area contributed by atoms with E-state index in [1.807, 2.05) is 0 Å². The predicted molar refractivity (Wildman–Crippen MR) is 73.5 cm³/mol. The van der Waals surface area contributed by atoms with Gasteiger partial charge in [0.05, 0.1) is 6.61 Å². The molecule has 0 amide bonds. The van der Waals surface area contributed by atoms with E-state index in [2.05, 4.69) is 24.1 Å². The lowest BCUT2D eigenvalue weighted by Crippen LogP contribution is -2.43. The van der Waals surface area contributed by atoms with E-state index in [4.69, 9.17) is 4.74 Å². The molecule has 1 N–H and O–H groups in total. The molecule has 1 aliphatic heterocycles. The Morgan fingerprint density at radius 2 is 1.94 bits per heavy atom. The molecule has 3 nitrogen and oxygen atoms in total. The summed E-state index contributed by atoms with van der Waals surface area (Å²) in [5, 5.41) is 3.49. The van der Waals surface area contributed by atoms with E-state index >= 15 is 0 Å². The van der Waals surface area contributed by atoms with E-state index in [1.165, 1.54) is 45.2 Å². The van der Waals surface area contributed by atoms with Gasteiger partial charge in [-0.25, -0.2) is 0 Å². The van der Waals surface area contributed by atoms with Crippen LogP contribution in [0.15, 0.2) is 0 Å². The van der Waals surface area contributed by atoms with E-state index < -0.39 is 0 Å². The number of hydrogen-bond acceptors (Lipinski definition) is 3. The van der Waals surface area contributed by atoms with Crippen molar-refractivity contribution in [3.05, 3.63) is 0 Å². The molecule has 0 aromatic rings. The molecule has 1 unspecified atom stereocenters. The maximum atomic E-state index is 5.53. The average molecular weight is 242 g/mol. The van der Waals surface area contributed by atoms with Gasteiger partial charge in [-0.2, -0.15) is 0 Å². The molecule has 0 aliphatic carbocycles. The van der Waals surface area contributed by atoms with Crippen molar-refractivity contribution in [3.63, 3.8) is 0 Å². The van der Waals surface area contributed by atoms with Gasteiger partial charge in [0, 0.05) is 25.7 Å². The van der Waals surface area contributed by atoms with Crippen LogP contribution in [0.4, 0.5) is 0 Å². The molecule has 1 saturated heterocycles. The van der Waals surface area contributed by atoms with Crippen molar-refractivity contribution in [1.29, 1.82) is 0 Å². The minimum Gasteiger partial charge on any atom is -0.380 e. The van der Waals surface area contributed by atoms with Gasteiger partial charge >= 0.3 is 0 Å². The largest absolute Gasteiger partial charge is 0.380 e. The summed E-state index contributed by atoms with van der Waals surface area (Å²) < 4.78 is 5.53. The maximum absolute atomic E-state index is 5.53. The zero-order valence-corrected chi connectivity index (χ0v) is 11.7. The Hall–Kier alpha value is -0.120. The molecule has 1 heterocycles. The summed E-state index contributed by atoms with van der Waals surface area (Å²) in [6, 6.07) is 0.672. The summed E-state index contributed by atoms with van der Waals surface area (Å²) >= 11 is 0. The molecule has 0 aromatic carbocycles. The molecule has 0 saturated carbocycles. The minimum absolute atomic E-state index is 0.672. The van der Waals surface area contributed by atoms with Gasteiger partial charge in [0.15, 0.2) is 0 Å². The number of ether oxygens (including phenoxy) is 1. The highest BCUT2D eigenvalue weighted by Gasteiger charge is 2.15. The van der Waals surface area contributed by atoms with Crippen LogP contribution in [-0.2, 0) is 4.74 Å². The van der Waals surface area contributed by atoms with Gasteiger partial charge in [-0.05, 0) is 39.3 Å². The van der Waals surface area contributed by atoms with Crippen LogP contribution < -0.4 is 5.32 Å². The third kappa shape index (κ3) is 7.02. The second-order valence-electron chi connectivity index (χ2n) is 5.12. The normalized spacial score (nSPS) is 19.4. The first kappa shape index (κ1) is 14.9. The quantitative estimate of drug-likeness (QED) is 0.628. The van der Waals surface area contributed by atoms with Crippen LogP contribution in [0.25, 0.3) is 0 Å². The lowest BCUT2D eigenvalue weighted by atomic mass is 10.1. The van der Waals surface area contributed by atoms with Crippen LogP contribution >= 0.6 is 0 Å². The Labute approximate surface area is 107 Å². The first-order chi connectivity index (χ1) is 8.34. The van der Waals surface area contributed by atoms with Gasteiger partial charge in [-0.15, -0.1) is 0 Å². The minimum atomic E-state index is 0.672. The average Bonchev–Trinajstić information content (AvgIpc) is 2.38. The molecule has 1 rings (SSSR count). The van der Waals surface area contributed by atoms with Crippen LogP contribution in [0.1, 0.15) is 46.0 Å². The third-order valence-electron chi connectivity index (χ3n) is 3.52. The Morgan fingerprint density at radius 3 is 2.65 bits per heavy atom. The highest BCUT2D eigenvalue weighted by atomic mass is 16.5. The van der Waals surface area contributed by atoms with Crippen LogP contribution in [0, 0.1) is 0 Å². The molecule has 102 valence electrons. The summed E-state index contributed by atoms with van der Waals surface area (Å²) in [5.74, 6) is 0. The Morgan fingerprint density at radius 1 is 1.18 bits per heavy atom. The summed E-state index contributed by atoms with van der Waals surface area (Å²) in [5.41, 5.74) is 0. The topological polar surface area (TPSA) is 24.5 Å². The number of nitrogens with zero attached hydrogens (tertiary/aromatic N) is 1. The fraction of sp³-hybridized carbons (Fsp3) is 1.00. The number of unbranched alkanes of at least 4 members (excludes halogenated alkanes) is 1. The molecule has 17 heavy (non-hydrogen) atoms. The van der Waals surface area contributed by atoms with E-state index in [9.17, 15) is 0 Å². The summed E-state index contributed by atoms with van der Waals surface area (Å²) in [6.45, 7) is 11.0. The SMILES string of the molecule is CCCCOCCNCC(C)N1CCCCC1. The molecule has 1 atom stereocenters. The van der Waals surface area contributed by atoms with Crippen molar-refractivity contribution in [1.82, 2.24) is 10.2 Å². The van der Waals surface area contributed by atoms with Crippen molar-refractivity contribution in [2.24, 2.45) is 0 Å². The lowest BCUT2D eigenvalue weighted by Gasteiger charge is -2.32. The van der Waals surface area contributed by atoms with E-state index in [1.54, 1.807) is 0 Å². The fourth-order valence-corrected chi connectivity index (χ4v) is 2.29. The predicted octanol–water partition coefficient (Wildman–Crippen LogP) is 2.27. The highest BCUT2D eigenvalue weighted by molar-refractivity contribution is 4.72. The van der Waals surface area contributed by atoms with Crippen molar-refractivity contribution in [3.8, 4) is 0 Å². The molecule has 0 spiro atoms. The van der Waals surface area contributed by atoms with E-state index in [0.29, 0.717) is 6.04 Å². The van der Waals surface area contributed by atoms with Gasteiger partial charge < -0.3 is 10.1 Å². The van der Waals surface area contributed by atoms with Crippen molar-refractivity contribution < 1.29 is 4.74 Å². The zero-order chi connectivity index (χ0) is 12.3. The van der Waals surface area contributed by atoms with E-state index in [-0.39, 0.29) is 0 Å². The smallest absolute Gasteiger partial charge is 0.0590 e. The van der Waals surface area contributed by atoms with Gasteiger partial charge in [0.1, 0.15) is 0 Å². The van der Waals surface area contributed by atoms with Crippen molar-refractivity contribution in [2.45, 2.75) is 52.0 Å². The van der Waals surface area contributed by atoms with E-state index in [0.717, 1.165) is 26.3 Å². The monoisotopic (exact) mass is 242 g/mol. The Bertz CT molecular complexity index is 170. The number of hydrogen-bond donors (Lipinski definition) is 1. The first-order valence-electron chi connectivity index (χ1n) is 7.37. The van der Waals surface area contributed by atoms with Gasteiger partial charge in [-0.1, -0.05) is 19.8 Å². The van der Waals surface area contributed by atoms with Crippen LogP contribution in [0.3, 0.4) is 0 Å². The van der Waals surface area contributed by atoms with Gasteiger partial charge in [-0.3, -0.25) is 4.90 Å². The fourth-order valence-electron chi connectivity index (χ4n) is 2.29. The van der Waals surface area contributed by atoms with Crippen LogP contribution in [0.5, 0.6) is 0 Å². The van der Waals surface area contributed by atoms with Gasteiger partial charge in [0.2, 0.25) is 0 Å². The van der Waals surface area contributed by atoms with Gasteiger partial charge in [0.25, 0.3) is 0 Å². The second-order valence-corrected chi connectivity index (χ2v) is 5.12. The summed E-state index contributed by atoms with van der Waals surface area (Å²) in [7, 11) is 0. The Balaban J connectivity index is 1.90. The first-order valence-corrected chi connectivity index (χ1v) is 7.37. The number of likely N-dealkylation sites (tertiary alicyclic amines) is 1. The molecule has 3 heteroatoms. The number of piperidine rings is 1. The molecular formula is C14H30N2O. The highest BCUT2D eigenvalue weighted by Crippen LogP contribution is 2.11. The molecule has 1 aliphatic rings. The zero-order valence-electron chi connectivity index (χ0n) is 11.7. The van der Waals surface area contributed by atoms with Crippen molar-refractivity contribution >= 4 is 0 Å². The molecule has 0 radical (unpaired) electrons. The number of nitrogens with one attached hydrogen (secondary N) is 1. The Kier molecular flexibility index (Phi) is 8.67. The second kappa shape index (κ2) is 9.86. The third-order valence-corrected chi connectivity index (χ3v) is 3.52. The van der Waals surface area contributed by atoms with Crippen LogP contribution in [0.2, 0.25) is 0 Å². The summed E-state index contributed by atoms with van der Waals surface area (Å²) in [6.07, 6.45) is 6.58.